The van der Waals surface area contributed by atoms with Gasteiger partial charge in [-0.15, -0.1) is 0 Å². The van der Waals surface area contributed by atoms with E-state index in [1.807, 2.05) is 0 Å². The van der Waals surface area contributed by atoms with E-state index in [4.69, 9.17) is 0 Å². The summed E-state index contributed by atoms with van der Waals surface area (Å²) in [4.78, 5) is 16.0. The molecule has 0 spiro atoms. The number of aromatic nitrogens is 1. The van der Waals surface area contributed by atoms with Gasteiger partial charge in [-0.1, -0.05) is 0 Å². The predicted octanol–water partition coefficient (Wildman–Crippen LogP) is 4.43. The number of carbonyl (C=O) groups is 1. The van der Waals surface area contributed by atoms with Crippen LogP contribution in [0.1, 0.15) is 49.3 Å². The fourth-order valence-electron chi connectivity index (χ4n) is 3.50. The smallest absolute Gasteiger partial charge is 0.422 e. The van der Waals surface area contributed by atoms with Crippen LogP contribution in [0.4, 0.5) is 31.1 Å². The molecule has 5 nitrogen and oxygen atoms in total. The topological polar surface area (TPSA) is 63.2 Å². The Hall–Kier alpha value is -2.20. The van der Waals surface area contributed by atoms with Gasteiger partial charge in [-0.25, -0.2) is 9.78 Å². The number of aryl methyl sites for hydroxylation is 1. The lowest BCUT2D eigenvalue weighted by atomic mass is 9.89. The Morgan fingerprint density at radius 2 is 1.97 bits per heavy atom. The Kier molecular flexibility index (Phi) is 5.86. The number of halogens is 6. The third-order valence-corrected chi connectivity index (χ3v) is 5.34. The van der Waals surface area contributed by atoms with Crippen LogP contribution in [0, 0.1) is 5.41 Å². The van der Waals surface area contributed by atoms with Crippen LogP contribution >= 0.6 is 0 Å². The van der Waals surface area contributed by atoms with Crippen molar-refractivity contribution in [2.75, 3.05) is 13.2 Å². The highest BCUT2D eigenvalue weighted by molar-refractivity contribution is 5.74. The van der Waals surface area contributed by atoms with E-state index in [0.29, 0.717) is 18.4 Å². The van der Waals surface area contributed by atoms with E-state index in [1.165, 1.54) is 12.3 Å². The lowest BCUT2D eigenvalue weighted by molar-refractivity contribution is -0.188. The largest absolute Gasteiger partial charge is 0.468 e. The van der Waals surface area contributed by atoms with Crippen LogP contribution in [0.2, 0.25) is 0 Å². The number of nitrogens with zero attached hydrogens (tertiary/aromatic N) is 1. The third kappa shape index (κ3) is 5.45. The molecule has 1 aromatic rings. The Bertz CT molecular complexity index is 746. The van der Waals surface area contributed by atoms with E-state index in [2.05, 4.69) is 20.4 Å². The molecule has 1 unspecified atom stereocenters. The highest BCUT2D eigenvalue weighted by Crippen LogP contribution is 2.59. The average Bonchev–Trinajstić information content (AvgIpc) is 3.41. The van der Waals surface area contributed by atoms with Gasteiger partial charge in [0.1, 0.15) is 0 Å². The third-order valence-electron chi connectivity index (χ3n) is 5.34. The van der Waals surface area contributed by atoms with E-state index >= 15 is 0 Å². The second-order valence-electron chi connectivity index (χ2n) is 7.50. The number of hydrogen-bond acceptors (Lipinski definition) is 3. The van der Waals surface area contributed by atoms with Gasteiger partial charge in [0.05, 0.1) is 11.5 Å². The lowest BCUT2D eigenvalue weighted by Gasteiger charge is -2.27. The zero-order chi connectivity index (χ0) is 21.3. The minimum atomic E-state index is -4.50. The summed E-state index contributed by atoms with van der Waals surface area (Å²) in [5.74, 6) is -0.198. The van der Waals surface area contributed by atoms with Crippen LogP contribution < -0.4 is 15.4 Å². The highest BCUT2D eigenvalue weighted by Gasteiger charge is 2.62. The fourth-order valence-corrected chi connectivity index (χ4v) is 3.50. The van der Waals surface area contributed by atoms with Crippen molar-refractivity contribution in [3.8, 4) is 5.88 Å². The molecule has 2 aliphatic carbocycles. The molecule has 1 fully saturated rings. The molecule has 1 aromatic heterocycles. The Labute approximate surface area is 163 Å². The van der Waals surface area contributed by atoms with E-state index in [1.54, 1.807) is 0 Å². The van der Waals surface area contributed by atoms with Crippen LogP contribution in [0.15, 0.2) is 12.3 Å². The number of urea groups is 1. The number of alkyl halides is 6. The first-order chi connectivity index (χ1) is 13.5. The van der Waals surface area contributed by atoms with Gasteiger partial charge in [0.25, 0.3) is 0 Å². The number of amides is 2. The van der Waals surface area contributed by atoms with Crippen molar-refractivity contribution in [3.63, 3.8) is 0 Å². The van der Waals surface area contributed by atoms with Gasteiger partial charge >= 0.3 is 18.4 Å². The van der Waals surface area contributed by atoms with Crippen molar-refractivity contribution in [2.45, 2.75) is 56.9 Å². The van der Waals surface area contributed by atoms with Crippen molar-refractivity contribution in [1.82, 2.24) is 15.6 Å². The van der Waals surface area contributed by atoms with Crippen molar-refractivity contribution < 1.29 is 35.9 Å². The number of pyridine rings is 1. The first kappa shape index (κ1) is 21.5. The molecule has 2 aliphatic rings. The zero-order valence-electron chi connectivity index (χ0n) is 15.4. The van der Waals surface area contributed by atoms with Crippen LogP contribution in [-0.2, 0) is 6.42 Å². The first-order valence-corrected chi connectivity index (χ1v) is 9.29. The summed E-state index contributed by atoms with van der Waals surface area (Å²) in [6, 6.07) is 0.275. The standard InChI is InChI=1S/C18H21F6N3O2/c19-17(20,21)10-29-14-8-12-11(9-26-14)2-1-3-13(12)27-15(28)25-7-6-16(4-5-16)18(22,23)24/h8-9,13H,1-7,10H2,(H2,25,27,28). The SMILES string of the molecule is O=C(NCCC1(C(F)(F)F)CC1)NC1CCCc2cnc(OCC(F)(F)F)cc21. The normalized spacial score (nSPS) is 20.6. The average molecular weight is 425 g/mol. The number of fused-ring (bicyclic) bond motifs is 1. The number of rotatable bonds is 6. The molecule has 29 heavy (non-hydrogen) atoms. The molecule has 0 saturated heterocycles. The fraction of sp³-hybridized carbons (Fsp3) is 0.667. The Balaban J connectivity index is 1.56. The molecule has 162 valence electrons. The van der Waals surface area contributed by atoms with Gasteiger partial charge in [0, 0.05) is 18.8 Å². The van der Waals surface area contributed by atoms with Crippen LogP contribution in [0.5, 0.6) is 5.88 Å². The van der Waals surface area contributed by atoms with E-state index in [-0.39, 0.29) is 31.7 Å². The molecule has 0 bridgehead atoms. The molecule has 1 saturated carbocycles. The second-order valence-corrected chi connectivity index (χ2v) is 7.50. The van der Waals surface area contributed by atoms with E-state index < -0.39 is 36.4 Å². The maximum absolute atomic E-state index is 12.9. The number of ether oxygens (including phenoxy) is 1. The summed E-state index contributed by atoms with van der Waals surface area (Å²) in [5, 5.41) is 5.13. The minimum Gasteiger partial charge on any atom is -0.468 e. The monoisotopic (exact) mass is 425 g/mol. The quantitative estimate of drug-likeness (QED) is 0.663. The number of nitrogens with one attached hydrogen (secondary N) is 2. The van der Waals surface area contributed by atoms with Gasteiger partial charge in [-0.05, 0) is 49.7 Å². The molecule has 11 heteroatoms. The molecule has 0 aromatic carbocycles. The molecule has 1 heterocycles. The summed E-state index contributed by atoms with van der Waals surface area (Å²) in [6.07, 6.45) is -5.42. The van der Waals surface area contributed by atoms with Crippen molar-refractivity contribution in [1.29, 1.82) is 0 Å². The molecule has 2 N–H and O–H groups in total. The Morgan fingerprint density at radius 3 is 2.59 bits per heavy atom. The van der Waals surface area contributed by atoms with Crippen molar-refractivity contribution in [3.05, 3.63) is 23.4 Å². The summed E-state index contributed by atoms with van der Waals surface area (Å²) >= 11 is 0. The molecule has 1 atom stereocenters. The highest BCUT2D eigenvalue weighted by atomic mass is 19.4. The summed E-state index contributed by atoms with van der Waals surface area (Å²) in [7, 11) is 0. The maximum Gasteiger partial charge on any atom is 0.422 e. The molecule has 2 amide bonds. The lowest BCUT2D eigenvalue weighted by Crippen LogP contribution is -2.40. The van der Waals surface area contributed by atoms with Crippen LogP contribution in [0.3, 0.4) is 0 Å². The maximum atomic E-state index is 12.9. The summed E-state index contributed by atoms with van der Waals surface area (Å²) in [6.45, 7) is -1.58. The van der Waals surface area contributed by atoms with E-state index in [0.717, 1.165) is 12.0 Å². The van der Waals surface area contributed by atoms with Crippen LogP contribution in [-0.4, -0.2) is 36.5 Å². The molecular formula is C18H21F6N3O2. The number of hydrogen-bond donors (Lipinski definition) is 2. The zero-order valence-corrected chi connectivity index (χ0v) is 15.4. The molecule has 0 aliphatic heterocycles. The minimum absolute atomic E-state index is 0.0729. The molecular weight excluding hydrogens is 404 g/mol. The molecule has 3 rings (SSSR count). The first-order valence-electron chi connectivity index (χ1n) is 9.29. The summed E-state index contributed by atoms with van der Waals surface area (Å²) in [5.41, 5.74) is -0.295. The van der Waals surface area contributed by atoms with E-state index in [9.17, 15) is 31.1 Å². The Morgan fingerprint density at radius 1 is 1.24 bits per heavy atom. The van der Waals surface area contributed by atoms with Gasteiger partial charge in [-0.3, -0.25) is 0 Å². The predicted molar refractivity (Wildman–Crippen MR) is 90.3 cm³/mol. The number of carbonyl (C=O) groups excluding carboxylic acids is 1. The van der Waals surface area contributed by atoms with Gasteiger partial charge in [-0.2, -0.15) is 26.3 Å². The van der Waals surface area contributed by atoms with Crippen molar-refractivity contribution in [2.24, 2.45) is 5.41 Å². The van der Waals surface area contributed by atoms with Crippen LogP contribution in [0.25, 0.3) is 0 Å². The van der Waals surface area contributed by atoms with Gasteiger partial charge in [0.15, 0.2) is 6.61 Å². The van der Waals surface area contributed by atoms with Crippen molar-refractivity contribution >= 4 is 6.03 Å². The summed E-state index contributed by atoms with van der Waals surface area (Å²) < 4.78 is 80.4. The second kappa shape index (κ2) is 7.91. The van der Waals surface area contributed by atoms with Gasteiger partial charge < -0.3 is 15.4 Å². The van der Waals surface area contributed by atoms with Gasteiger partial charge in [0.2, 0.25) is 5.88 Å². The molecule has 0 radical (unpaired) electrons.